The zero-order valence-corrected chi connectivity index (χ0v) is 8.03. The first kappa shape index (κ1) is 9.51. The molecular formula is C10H11N3O2. The number of aliphatic imine (C=N–C) groups is 1. The minimum absolute atomic E-state index is 0.172. The van der Waals surface area contributed by atoms with E-state index in [0.29, 0.717) is 29.9 Å². The minimum atomic E-state index is -0.326. The predicted octanol–water partition coefficient (Wildman–Crippen LogP) is 0.681. The molecule has 1 aromatic rings. The van der Waals surface area contributed by atoms with Gasteiger partial charge < -0.3 is 16.2 Å². The molecule has 1 aliphatic rings. The van der Waals surface area contributed by atoms with Crippen LogP contribution in [-0.2, 0) is 6.42 Å². The summed E-state index contributed by atoms with van der Waals surface area (Å²) in [5.74, 6) is 0.172. The molecule has 0 aromatic heterocycles. The lowest BCUT2D eigenvalue weighted by atomic mass is 10.1. The van der Waals surface area contributed by atoms with Crippen LogP contribution in [0, 0.1) is 0 Å². The number of anilines is 1. The molecule has 1 heterocycles. The van der Waals surface area contributed by atoms with Crippen LogP contribution in [0.5, 0.6) is 5.75 Å². The first-order valence-corrected chi connectivity index (χ1v) is 4.57. The van der Waals surface area contributed by atoms with Gasteiger partial charge in [0.25, 0.3) is 0 Å². The second kappa shape index (κ2) is 3.61. The van der Waals surface area contributed by atoms with Crippen molar-refractivity contribution in [3.8, 4) is 5.75 Å². The van der Waals surface area contributed by atoms with E-state index in [1.54, 1.807) is 12.1 Å². The molecule has 0 saturated carbocycles. The third-order valence-electron chi connectivity index (χ3n) is 2.20. The van der Waals surface area contributed by atoms with Crippen LogP contribution in [0.4, 0.5) is 10.5 Å². The van der Waals surface area contributed by atoms with E-state index in [1.807, 2.05) is 0 Å². The number of amides is 2. The monoisotopic (exact) mass is 205 g/mol. The Hall–Kier alpha value is -2.04. The molecule has 4 N–H and O–H groups in total. The van der Waals surface area contributed by atoms with Gasteiger partial charge in [-0.1, -0.05) is 0 Å². The molecule has 0 saturated heterocycles. The molecule has 2 amide bonds. The number of phenolic OH excluding ortho intramolecular Hbond substituents is 1. The second-order valence-corrected chi connectivity index (χ2v) is 3.40. The summed E-state index contributed by atoms with van der Waals surface area (Å²) in [6, 6.07) is 4.52. The molecule has 0 fully saturated rings. The lowest BCUT2D eigenvalue weighted by Crippen LogP contribution is -2.17. The number of nitrogen functional groups attached to an aromatic ring is 1. The molecule has 0 bridgehead atoms. The maximum atomic E-state index is 10.8. The molecule has 0 aliphatic carbocycles. The van der Waals surface area contributed by atoms with Gasteiger partial charge in [-0.3, -0.25) is 0 Å². The average molecular weight is 205 g/mol. The van der Waals surface area contributed by atoms with Crippen LogP contribution in [-0.4, -0.2) is 23.4 Å². The minimum Gasteiger partial charge on any atom is -0.508 e. The molecule has 78 valence electrons. The molecular weight excluding hydrogens is 194 g/mol. The number of hydrogen-bond acceptors (Lipinski definition) is 3. The molecule has 0 atom stereocenters. The maximum Gasteiger partial charge on any atom is 0.341 e. The predicted molar refractivity (Wildman–Crippen MR) is 57.1 cm³/mol. The normalized spacial score (nSPS) is 14.9. The number of nitrogens with one attached hydrogen (secondary N) is 1. The summed E-state index contributed by atoms with van der Waals surface area (Å²) in [7, 11) is 0. The van der Waals surface area contributed by atoms with Gasteiger partial charge in [-0.25, -0.2) is 9.79 Å². The molecule has 2 rings (SSSR count). The van der Waals surface area contributed by atoms with E-state index in [4.69, 9.17) is 5.73 Å². The SMILES string of the molecule is Nc1ccc(O)c(CC2=NC(=O)NC2)c1. The standard InChI is InChI=1S/C10H11N3O2/c11-7-1-2-9(14)6(3-7)4-8-5-12-10(15)13-8/h1-3,14H,4-5,11H2,(H,12,15). The van der Waals surface area contributed by atoms with Crippen molar-refractivity contribution in [2.24, 2.45) is 4.99 Å². The number of rotatable bonds is 2. The Bertz CT molecular complexity index is 440. The molecule has 1 aliphatic heterocycles. The Labute approximate surface area is 86.6 Å². The van der Waals surface area contributed by atoms with E-state index in [1.165, 1.54) is 6.07 Å². The molecule has 0 unspecified atom stereocenters. The zero-order chi connectivity index (χ0) is 10.8. The summed E-state index contributed by atoms with van der Waals surface area (Å²) in [6.45, 7) is 0.438. The number of urea groups is 1. The van der Waals surface area contributed by atoms with Crippen molar-refractivity contribution in [3.05, 3.63) is 23.8 Å². The van der Waals surface area contributed by atoms with Crippen molar-refractivity contribution in [1.82, 2.24) is 5.32 Å². The maximum absolute atomic E-state index is 10.8. The first-order chi connectivity index (χ1) is 7.15. The lowest BCUT2D eigenvalue weighted by Gasteiger charge is -2.04. The Kier molecular flexibility index (Phi) is 2.29. The van der Waals surface area contributed by atoms with E-state index >= 15 is 0 Å². The highest BCUT2D eigenvalue weighted by Gasteiger charge is 2.14. The van der Waals surface area contributed by atoms with Gasteiger partial charge >= 0.3 is 6.03 Å². The second-order valence-electron chi connectivity index (χ2n) is 3.40. The summed E-state index contributed by atoms with van der Waals surface area (Å²) < 4.78 is 0. The average Bonchev–Trinajstić information content (AvgIpc) is 2.58. The smallest absolute Gasteiger partial charge is 0.341 e. The van der Waals surface area contributed by atoms with Crippen LogP contribution in [0.3, 0.4) is 0 Å². The molecule has 5 nitrogen and oxygen atoms in total. The van der Waals surface area contributed by atoms with Crippen LogP contribution >= 0.6 is 0 Å². The van der Waals surface area contributed by atoms with E-state index < -0.39 is 0 Å². The summed E-state index contributed by atoms with van der Waals surface area (Å²) in [5, 5.41) is 12.1. The number of hydrogen-bond donors (Lipinski definition) is 3. The van der Waals surface area contributed by atoms with E-state index in [2.05, 4.69) is 10.3 Å². The van der Waals surface area contributed by atoms with Gasteiger partial charge in [0.15, 0.2) is 0 Å². The van der Waals surface area contributed by atoms with E-state index in [0.717, 1.165) is 0 Å². The number of phenols is 1. The fourth-order valence-corrected chi connectivity index (χ4v) is 1.47. The third kappa shape index (κ3) is 2.07. The highest BCUT2D eigenvalue weighted by atomic mass is 16.3. The molecule has 5 heteroatoms. The Morgan fingerprint density at radius 3 is 3.00 bits per heavy atom. The number of benzene rings is 1. The summed E-state index contributed by atoms with van der Waals surface area (Å²) >= 11 is 0. The number of nitrogens with two attached hydrogens (primary N) is 1. The topological polar surface area (TPSA) is 87.7 Å². The first-order valence-electron chi connectivity index (χ1n) is 4.57. The number of aromatic hydroxyl groups is 1. The van der Waals surface area contributed by atoms with Crippen LogP contribution in [0.25, 0.3) is 0 Å². The molecule has 15 heavy (non-hydrogen) atoms. The quantitative estimate of drug-likeness (QED) is 0.490. The summed E-state index contributed by atoms with van der Waals surface area (Å²) in [5.41, 5.74) is 7.57. The van der Waals surface area contributed by atoms with Crippen molar-refractivity contribution in [3.63, 3.8) is 0 Å². The van der Waals surface area contributed by atoms with Crippen molar-refractivity contribution in [1.29, 1.82) is 0 Å². The van der Waals surface area contributed by atoms with Gasteiger partial charge in [0, 0.05) is 23.4 Å². The number of carbonyl (C=O) groups is 1. The summed E-state index contributed by atoms with van der Waals surface area (Å²) in [4.78, 5) is 14.6. The zero-order valence-electron chi connectivity index (χ0n) is 8.03. The Morgan fingerprint density at radius 2 is 2.33 bits per heavy atom. The van der Waals surface area contributed by atoms with Gasteiger partial charge in [-0.05, 0) is 18.2 Å². The highest BCUT2D eigenvalue weighted by molar-refractivity contribution is 6.03. The van der Waals surface area contributed by atoms with Gasteiger partial charge in [-0.2, -0.15) is 0 Å². The van der Waals surface area contributed by atoms with E-state index in [9.17, 15) is 9.90 Å². The number of carbonyl (C=O) groups excluding carboxylic acids is 1. The lowest BCUT2D eigenvalue weighted by molar-refractivity contribution is 0.252. The highest BCUT2D eigenvalue weighted by Crippen LogP contribution is 2.20. The van der Waals surface area contributed by atoms with Crippen LogP contribution in [0.2, 0.25) is 0 Å². The van der Waals surface area contributed by atoms with Gasteiger partial charge in [0.2, 0.25) is 0 Å². The largest absolute Gasteiger partial charge is 0.508 e. The fraction of sp³-hybridized carbons (Fsp3) is 0.200. The third-order valence-corrected chi connectivity index (χ3v) is 2.20. The van der Waals surface area contributed by atoms with Gasteiger partial charge in [-0.15, -0.1) is 0 Å². The van der Waals surface area contributed by atoms with Crippen molar-refractivity contribution < 1.29 is 9.90 Å². The van der Waals surface area contributed by atoms with Crippen LogP contribution in [0.15, 0.2) is 23.2 Å². The molecule has 0 radical (unpaired) electrons. The Balaban J connectivity index is 2.20. The van der Waals surface area contributed by atoms with Crippen molar-refractivity contribution >= 4 is 17.4 Å². The van der Waals surface area contributed by atoms with Gasteiger partial charge in [0.1, 0.15) is 5.75 Å². The fourth-order valence-electron chi connectivity index (χ4n) is 1.47. The van der Waals surface area contributed by atoms with E-state index in [-0.39, 0.29) is 11.8 Å². The van der Waals surface area contributed by atoms with Crippen molar-refractivity contribution in [2.75, 3.05) is 12.3 Å². The van der Waals surface area contributed by atoms with Crippen LogP contribution in [0.1, 0.15) is 5.56 Å². The molecule has 0 spiro atoms. The summed E-state index contributed by atoms with van der Waals surface area (Å²) in [6.07, 6.45) is 0.440. The Morgan fingerprint density at radius 1 is 1.53 bits per heavy atom. The van der Waals surface area contributed by atoms with Crippen LogP contribution < -0.4 is 11.1 Å². The molecule has 1 aromatic carbocycles. The van der Waals surface area contributed by atoms with Gasteiger partial charge in [0.05, 0.1) is 6.54 Å². The number of nitrogens with zero attached hydrogens (tertiary/aromatic N) is 1. The van der Waals surface area contributed by atoms with Crippen molar-refractivity contribution in [2.45, 2.75) is 6.42 Å².